The summed E-state index contributed by atoms with van der Waals surface area (Å²) < 4.78 is 7.88. The number of nitrogens with one attached hydrogen (secondary N) is 2. The Hall–Kier alpha value is -3.91. The number of carbonyl (C=O) groups is 1. The van der Waals surface area contributed by atoms with Gasteiger partial charge in [0.1, 0.15) is 5.76 Å². The van der Waals surface area contributed by atoms with Gasteiger partial charge in [0.15, 0.2) is 5.11 Å². The Morgan fingerprint density at radius 2 is 1.94 bits per heavy atom. The van der Waals surface area contributed by atoms with Crippen LogP contribution in [0.5, 0.6) is 0 Å². The number of anilines is 2. The first-order chi connectivity index (χ1) is 16.9. The van der Waals surface area contributed by atoms with E-state index in [4.69, 9.17) is 16.6 Å². The summed E-state index contributed by atoms with van der Waals surface area (Å²) in [4.78, 5) is 18.3. The van der Waals surface area contributed by atoms with Gasteiger partial charge in [0.25, 0.3) is 0 Å². The fraction of sp³-hybridized carbons (Fsp3) is 0.222. The van der Waals surface area contributed by atoms with Crippen LogP contribution < -0.4 is 15.5 Å². The molecule has 8 heteroatoms. The van der Waals surface area contributed by atoms with Gasteiger partial charge in [0.2, 0.25) is 5.91 Å². The zero-order valence-electron chi connectivity index (χ0n) is 19.9. The first kappa shape index (κ1) is 22.9. The van der Waals surface area contributed by atoms with Crippen LogP contribution in [-0.4, -0.2) is 20.6 Å². The van der Waals surface area contributed by atoms with Crippen molar-refractivity contribution in [2.45, 2.75) is 39.4 Å². The average molecular weight is 486 g/mol. The van der Waals surface area contributed by atoms with Crippen molar-refractivity contribution in [3.63, 3.8) is 0 Å². The molecule has 7 nitrogen and oxygen atoms in total. The van der Waals surface area contributed by atoms with Crippen LogP contribution in [0.3, 0.4) is 0 Å². The molecular weight excluding hydrogens is 458 g/mol. The summed E-state index contributed by atoms with van der Waals surface area (Å²) in [6.45, 7) is 6.41. The van der Waals surface area contributed by atoms with Gasteiger partial charge in [-0.1, -0.05) is 6.07 Å². The predicted octanol–water partition coefficient (Wildman–Crippen LogP) is 5.28. The Kier molecular flexibility index (Phi) is 6.13. The molecule has 4 aromatic rings. The highest BCUT2D eigenvalue weighted by atomic mass is 32.1. The van der Waals surface area contributed by atoms with Gasteiger partial charge in [-0.05, 0) is 86.2 Å². The van der Waals surface area contributed by atoms with E-state index in [1.54, 1.807) is 6.26 Å². The Balaban J connectivity index is 1.58. The summed E-state index contributed by atoms with van der Waals surface area (Å²) in [5.41, 5.74) is 6.07. The highest BCUT2D eigenvalue weighted by Gasteiger charge is 2.42. The van der Waals surface area contributed by atoms with Crippen molar-refractivity contribution >= 4 is 34.6 Å². The Morgan fingerprint density at radius 1 is 1.14 bits per heavy atom. The van der Waals surface area contributed by atoms with Crippen molar-refractivity contribution in [1.82, 2.24) is 14.9 Å². The van der Waals surface area contributed by atoms with E-state index in [2.05, 4.69) is 45.0 Å². The highest BCUT2D eigenvalue weighted by molar-refractivity contribution is 7.80. The van der Waals surface area contributed by atoms with Crippen molar-refractivity contribution in [3.05, 3.63) is 102 Å². The maximum atomic E-state index is 11.5. The van der Waals surface area contributed by atoms with Crippen LogP contribution in [-0.2, 0) is 11.3 Å². The lowest BCUT2D eigenvalue weighted by atomic mass is 9.96. The summed E-state index contributed by atoms with van der Waals surface area (Å²) in [6.07, 6.45) is 3.51. The molecule has 2 N–H and O–H groups in total. The smallest absolute Gasteiger partial charge is 0.221 e. The molecule has 1 saturated heterocycles. The minimum atomic E-state index is -0.128. The lowest BCUT2D eigenvalue weighted by Crippen LogP contribution is -2.29. The number of aryl methyl sites for hydroxylation is 1. The van der Waals surface area contributed by atoms with Gasteiger partial charge in [0.05, 0.1) is 30.6 Å². The van der Waals surface area contributed by atoms with Crippen molar-refractivity contribution in [1.29, 1.82) is 0 Å². The van der Waals surface area contributed by atoms with Gasteiger partial charge in [-0.25, -0.2) is 0 Å². The van der Waals surface area contributed by atoms with Crippen LogP contribution in [0.2, 0.25) is 0 Å². The number of hydrogen-bond acceptors (Lipinski definition) is 4. The molecule has 35 heavy (non-hydrogen) atoms. The molecule has 4 heterocycles. The quantitative estimate of drug-likeness (QED) is 0.362. The van der Waals surface area contributed by atoms with Gasteiger partial charge in [-0.15, -0.1) is 0 Å². The summed E-state index contributed by atoms with van der Waals surface area (Å²) in [6, 6.07) is 19.6. The van der Waals surface area contributed by atoms with Gasteiger partial charge in [-0.3, -0.25) is 9.78 Å². The number of pyridine rings is 1. The van der Waals surface area contributed by atoms with E-state index in [1.807, 2.05) is 60.8 Å². The Morgan fingerprint density at radius 3 is 2.60 bits per heavy atom. The second kappa shape index (κ2) is 9.38. The zero-order valence-corrected chi connectivity index (χ0v) is 20.7. The van der Waals surface area contributed by atoms with Crippen molar-refractivity contribution in [2.24, 2.45) is 0 Å². The third kappa shape index (κ3) is 4.44. The third-order valence-corrected chi connectivity index (χ3v) is 6.70. The molecule has 0 aliphatic carbocycles. The van der Waals surface area contributed by atoms with Gasteiger partial charge < -0.3 is 24.5 Å². The SMILES string of the molecule is CC(=O)Nc1ccc(N2C(=S)N[C@H](c3ccccn3)[C@H]2c2cc(C)n(Cc3ccco3)c2C)cc1. The first-order valence-corrected chi connectivity index (χ1v) is 11.9. The van der Waals surface area contributed by atoms with E-state index in [9.17, 15) is 4.79 Å². The second-order valence-corrected chi connectivity index (χ2v) is 9.10. The van der Waals surface area contributed by atoms with Crippen LogP contribution in [0.1, 0.15) is 47.4 Å². The van der Waals surface area contributed by atoms with Gasteiger partial charge in [0, 0.05) is 35.9 Å². The van der Waals surface area contributed by atoms with E-state index < -0.39 is 0 Å². The standard InChI is InChI=1S/C27H27N5O2S/c1-17-15-23(18(2)31(17)16-22-7-6-14-34-22)26-25(24-8-4-5-13-28-24)30-27(35)32(26)21-11-9-20(10-12-21)29-19(3)33/h4-15,25-26H,16H2,1-3H3,(H,29,33)(H,30,35)/t25-,26-/m1/s1. The molecule has 0 bridgehead atoms. The molecule has 2 atom stereocenters. The molecule has 3 aromatic heterocycles. The number of carbonyl (C=O) groups excluding carboxylic acids is 1. The highest BCUT2D eigenvalue weighted by Crippen LogP contribution is 2.43. The molecule has 178 valence electrons. The van der Waals surface area contributed by atoms with Gasteiger partial charge >= 0.3 is 0 Å². The number of benzene rings is 1. The molecule has 0 spiro atoms. The molecule has 1 amide bonds. The maximum absolute atomic E-state index is 11.5. The molecule has 1 aliphatic heterocycles. The average Bonchev–Trinajstić information content (AvgIpc) is 3.55. The lowest BCUT2D eigenvalue weighted by Gasteiger charge is -2.28. The Labute approximate surface area is 209 Å². The number of nitrogens with zero attached hydrogens (tertiary/aromatic N) is 3. The number of aromatic nitrogens is 2. The fourth-order valence-electron chi connectivity index (χ4n) is 4.79. The fourth-order valence-corrected chi connectivity index (χ4v) is 5.13. The lowest BCUT2D eigenvalue weighted by molar-refractivity contribution is -0.114. The maximum Gasteiger partial charge on any atom is 0.221 e. The van der Waals surface area contributed by atoms with Crippen LogP contribution in [0.4, 0.5) is 11.4 Å². The minimum Gasteiger partial charge on any atom is -0.467 e. The number of furan rings is 1. The van der Waals surface area contributed by atoms with Crippen LogP contribution in [0.15, 0.2) is 77.5 Å². The van der Waals surface area contributed by atoms with E-state index in [1.165, 1.54) is 12.5 Å². The number of hydrogen-bond donors (Lipinski definition) is 2. The molecule has 0 unspecified atom stereocenters. The van der Waals surface area contributed by atoms with Crippen LogP contribution in [0, 0.1) is 13.8 Å². The molecular formula is C27H27N5O2S. The molecule has 0 saturated carbocycles. The summed E-state index contributed by atoms with van der Waals surface area (Å²) in [5.74, 6) is 0.804. The number of amides is 1. The number of rotatable bonds is 6. The Bertz CT molecular complexity index is 1350. The summed E-state index contributed by atoms with van der Waals surface area (Å²) in [7, 11) is 0. The van der Waals surface area contributed by atoms with E-state index in [0.29, 0.717) is 11.7 Å². The van der Waals surface area contributed by atoms with Crippen molar-refractivity contribution < 1.29 is 9.21 Å². The monoisotopic (exact) mass is 485 g/mol. The largest absolute Gasteiger partial charge is 0.467 e. The summed E-state index contributed by atoms with van der Waals surface area (Å²) in [5, 5.41) is 6.97. The normalized spacial score (nSPS) is 17.5. The first-order valence-electron chi connectivity index (χ1n) is 11.5. The summed E-state index contributed by atoms with van der Waals surface area (Å²) >= 11 is 5.85. The van der Waals surface area contributed by atoms with Crippen molar-refractivity contribution in [3.8, 4) is 0 Å². The van der Waals surface area contributed by atoms with E-state index in [0.717, 1.165) is 34.2 Å². The minimum absolute atomic E-state index is 0.104. The zero-order chi connectivity index (χ0) is 24.5. The predicted molar refractivity (Wildman–Crippen MR) is 140 cm³/mol. The molecule has 1 aromatic carbocycles. The third-order valence-electron chi connectivity index (χ3n) is 6.39. The molecule has 1 aliphatic rings. The van der Waals surface area contributed by atoms with E-state index >= 15 is 0 Å². The molecule has 0 radical (unpaired) electrons. The second-order valence-electron chi connectivity index (χ2n) is 8.72. The van der Waals surface area contributed by atoms with Crippen molar-refractivity contribution in [2.75, 3.05) is 10.2 Å². The van der Waals surface area contributed by atoms with Crippen LogP contribution >= 0.6 is 12.2 Å². The molecule has 1 fully saturated rings. The van der Waals surface area contributed by atoms with Gasteiger partial charge in [-0.2, -0.15) is 0 Å². The number of thiocarbonyl (C=S) groups is 1. The topological polar surface area (TPSA) is 75.3 Å². The molecule has 5 rings (SSSR count). The van der Waals surface area contributed by atoms with E-state index in [-0.39, 0.29) is 18.0 Å². The van der Waals surface area contributed by atoms with Crippen LogP contribution in [0.25, 0.3) is 0 Å².